The second-order valence-corrected chi connectivity index (χ2v) is 3.03. The number of aliphatic hydroxyl groups excluding tert-OH is 1. The van der Waals surface area contributed by atoms with Crippen molar-refractivity contribution >= 4 is 0 Å². The monoisotopic (exact) mass is 199 g/mol. The van der Waals surface area contributed by atoms with Crippen LogP contribution in [0.4, 0.5) is 4.39 Å². The summed E-state index contributed by atoms with van der Waals surface area (Å²) in [5, 5.41) is 9.54. The SMILES string of the molecule is CCCOCC(O)c1cncc(F)c1. The van der Waals surface area contributed by atoms with Crippen molar-refractivity contribution in [3.8, 4) is 0 Å². The molecule has 0 aliphatic heterocycles. The number of halogens is 1. The average Bonchev–Trinajstić information content (AvgIpc) is 2.18. The normalized spacial score (nSPS) is 12.8. The highest BCUT2D eigenvalue weighted by Crippen LogP contribution is 2.12. The predicted molar refractivity (Wildman–Crippen MR) is 50.3 cm³/mol. The molecule has 0 radical (unpaired) electrons. The van der Waals surface area contributed by atoms with E-state index in [1.807, 2.05) is 6.92 Å². The molecule has 0 bridgehead atoms. The third-order valence-corrected chi connectivity index (χ3v) is 1.73. The Kier molecular flexibility index (Phi) is 4.49. The largest absolute Gasteiger partial charge is 0.386 e. The van der Waals surface area contributed by atoms with Crippen molar-refractivity contribution in [2.45, 2.75) is 19.4 Å². The van der Waals surface area contributed by atoms with Crippen LogP contribution in [0.1, 0.15) is 25.0 Å². The Bertz CT molecular complexity index is 281. The standard InChI is InChI=1S/C10H14FNO2/c1-2-3-14-7-10(13)8-4-9(11)6-12-5-8/h4-6,10,13H,2-3,7H2,1H3. The van der Waals surface area contributed by atoms with Gasteiger partial charge in [-0.2, -0.15) is 0 Å². The smallest absolute Gasteiger partial charge is 0.141 e. The fourth-order valence-electron chi connectivity index (χ4n) is 1.05. The summed E-state index contributed by atoms with van der Waals surface area (Å²) >= 11 is 0. The van der Waals surface area contributed by atoms with Gasteiger partial charge in [0.2, 0.25) is 0 Å². The first-order valence-electron chi connectivity index (χ1n) is 4.60. The number of aromatic nitrogens is 1. The fraction of sp³-hybridized carbons (Fsp3) is 0.500. The minimum Gasteiger partial charge on any atom is -0.386 e. The number of aliphatic hydroxyl groups is 1. The molecule has 0 spiro atoms. The Morgan fingerprint density at radius 2 is 2.36 bits per heavy atom. The number of hydrogen-bond donors (Lipinski definition) is 1. The highest BCUT2D eigenvalue weighted by molar-refractivity contribution is 5.13. The van der Waals surface area contributed by atoms with Crippen molar-refractivity contribution in [3.05, 3.63) is 29.8 Å². The molecule has 1 N–H and O–H groups in total. The van der Waals surface area contributed by atoms with Crippen molar-refractivity contribution in [2.75, 3.05) is 13.2 Å². The van der Waals surface area contributed by atoms with Gasteiger partial charge in [-0.05, 0) is 12.5 Å². The average molecular weight is 199 g/mol. The lowest BCUT2D eigenvalue weighted by Crippen LogP contribution is -2.08. The zero-order valence-electron chi connectivity index (χ0n) is 8.11. The van der Waals surface area contributed by atoms with Crippen LogP contribution in [0.15, 0.2) is 18.5 Å². The van der Waals surface area contributed by atoms with Crippen LogP contribution < -0.4 is 0 Å². The van der Waals surface area contributed by atoms with Crippen LogP contribution in [0.2, 0.25) is 0 Å². The number of nitrogens with zero attached hydrogens (tertiary/aromatic N) is 1. The lowest BCUT2D eigenvalue weighted by Gasteiger charge is -2.10. The van der Waals surface area contributed by atoms with Gasteiger partial charge in [0.15, 0.2) is 0 Å². The number of ether oxygens (including phenoxy) is 1. The molecule has 4 heteroatoms. The van der Waals surface area contributed by atoms with Crippen LogP contribution in [-0.4, -0.2) is 23.3 Å². The number of hydrogen-bond acceptors (Lipinski definition) is 3. The first-order valence-corrected chi connectivity index (χ1v) is 4.60. The highest BCUT2D eigenvalue weighted by atomic mass is 19.1. The fourth-order valence-corrected chi connectivity index (χ4v) is 1.05. The molecule has 0 fully saturated rings. The Hall–Kier alpha value is -1.00. The van der Waals surface area contributed by atoms with Crippen molar-refractivity contribution in [3.63, 3.8) is 0 Å². The van der Waals surface area contributed by atoms with E-state index in [4.69, 9.17) is 4.74 Å². The van der Waals surface area contributed by atoms with Crippen LogP contribution >= 0.6 is 0 Å². The van der Waals surface area contributed by atoms with E-state index in [0.29, 0.717) is 12.2 Å². The van der Waals surface area contributed by atoms with Gasteiger partial charge in [-0.25, -0.2) is 4.39 Å². The molecule has 0 aliphatic rings. The minimum absolute atomic E-state index is 0.180. The summed E-state index contributed by atoms with van der Waals surface area (Å²) < 4.78 is 17.8. The maximum atomic E-state index is 12.7. The summed E-state index contributed by atoms with van der Waals surface area (Å²) in [7, 11) is 0. The second-order valence-electron chi connectivity index (χ2n) is 3.03. The van der Waals surface area contributed by atoms with E-state index in [9.17, 15) is 9.50 Å². The van der Waals surface area contributed by atoms with Gasteiger partial charge in [-0.15, -0.1) is 0 Å². The van der Waals surface area contributed by atoms with Gasteiger partial charge in [-0.3, -0.25) is 4.98 Å². The lowest BCUT2D eigenvalue weighted by atomic mass is 10.2. The molecule has 0 amide bonds. The highest BCUT2D eigenvalue weighted by Gasteiger charge is 2.08. The molecule has 1 heterocycles. The van der Waals surface area contributed by atoms with E-state index in [0.717, 1.165) is 12.6 Å². The molecule has 14 heavy (non-hydrogen) atoms. The van der Waals surface area contributed by atoms with Gasteiger partial charge in [0.25, 0.3) is 0 Å². The zero-order valence-corrected chi connectivity index (χ0v) is 8.11. The van der Waals surface area contributed by atoms with Crippen molar-refractivity contribution in [2.24, 2.45) is 0 Å². The van der Waals surface area contributed by atoms with Gasteiger partial charge in [-0.1, -0.05) is 6.92 Å². The maximum absolute atomic E-state index is 12.7. The quantitative estimate of drug-likeness (QED) is 0.733. The van der Waals surface area contributed by atoms with E-state index in [2.05, 4.69) is 4.98 Å². The van der Waals surface area contributed by atoms with Crippen LogP contribution in [-0.2, 0) is 4.74 Å². The van der Waals surface area contributed by atoms with Gasteiger partial charge >= 0.3 is 0 Å². The number of pyridine rings is 1. The molecule has 0 saturated carbocycles. The lowest BCUT2D eigenvalue weighted by molar-refractivity contribution is 0.0360. The van der Waals surface area contributed by atoms with E-state index < -0.39 is 11.9 Å². The molecule has 78 valence electrons. The van der Waals surface area contributed by atoms with E-state index >= 15 is 0 Å². The molecule has 3 nitrogen and oxygen atoms in total. The summed E-state index contributed by atoms with van der Waals surface area (Å²) in [6, 6.07) is 1.26. The molecule has 0 saturated heterocycles. The van der Waals surface area contributed by atoms with Crippen molar-refractivity contribution in [1.82, 2.24) is 4.98 Å². The molecular formula is C10H14FNO2. The first kappa shape index (κ1) is 11.1. The van der Waals surface area contributed by atoms with Crippen LogP contribution in [0, 0.1) is 5.82 Å². The first-order chi connectivity index (χ1) is 6.74. The van der Waals surface area contributed by atoms with Crippen molar-refractivity contribution < 1.29 is 14.2 Å². The summed E-state index contributed by atoms with van der Waals surface area (Å²) in [5.41, 5.74) is 0.445. The summed E-state index contributed by atoms with van der Waals surface area (Å²) in [5.74, 6) is -0.447. The van der Waals surface area contributed by atoms with Crippen LogP contribution in [0.25, 0.3) is 0 Å². The minimum atomic E-state index is -0.801. The van der Waals surface area contributed by atoms with Gasteiger partial charge in [0.05, 0.1) is 12.8 Å². The predicted octanol–water partition coefficient (Wildman–Crippen LogP) is 1.68. The molecule has 0 aromatic carbocycles. The molecule has 1 atom stereocenters. The molecular weight excluding hydrogens is 185 g/mol. The number of rotatable bonds is 5. The summed E-state index contributed by atoms with van der Waals surface area (Å²) in [4.78, 5) is 3.64. The Labute approximate surface area is 82.5 Å². The molecule has 1 aromatic rings. The summed E-state index contributed by atoms with van der Waals surface area (Å²) in [6.07, 6.45) is 2.63. The topological polar surface area (TPSA) is 42.4 Å². The Morgan fingerprint density at radius 1 is 1.57 bits per heavy atom. The molecule has 1 aromatic heterocycles. The molecule has 1 rings (SSSR count). The van der Waals surface area contributed by atoms with Crippen LogP contribution in [0.3, 0.4) is 0 Å². The second kappa shape index (κ2) is 5.67. The van der Waals surface area contributed by atoms with E-state index in [-0.39, 0.29) is 6.61 Å². The van der Waals surface area contributed by atoms with E-state index in [1.54, 1.807) is 0 Å². The Morgan fingerprint density at radius 3 is 3.00 bits per heavy atom. The Balaban J connectivity index is 2.47. The van der Waals surface area contributed by atoms with E-state index in [1.165, 1.54) is 12.3 Å². The van der Waals surface area contributed by atoms with Gasteiger partial charge in [0.1, 0.15) is 11.9 Å². The van der Waals surface area contributed by atoms with Gasteiger partial charge in [0, 0.05) is 18.4 Å². The molecule has 0 aliphatic carbocycles. The van der Waals surface area contributed by atoms with Crippen molar-refractivity contribution in [1.29, 1.82) is 0 Å². The van der Waals surface area contributed by atoms with Crippen LogP contribution in [0.5, 0.6) is 0 Å². The molecule has 1 unspecified atom stereocenters. The third kappa shape index (κ3) is 3.40. The third-order valence-electron chi connectivity index (χ3n) is 1.73. The zero-order chi connectivity index (χ0) is 10.4. The maximum Gasteiger partial charge on any atom is 0.141 e. The van der Waals surface area contributed by atoms with Gasteiger partial charge < -0.3 is 9.84 Å². The summed E-state index contributed by atoms with van der Waals surface area (Å²) in [6.45, 7) is 2.76.